The summed E-state index contributed by atoms with van der Waals surface area (Å²) in [5.41, 5.74) is 0. The summed E-state index contributed by atoms with van der Waals surface area (Å²) in [7, 11) is 0. The number of carbonyl (C=O) groups is 3. The molecule has 0 saturated carbocycles. The van der Waals surface area contributed by atoms with E-state index in [1.54, 1.807) is 0 Å². The van der Waals surface area contributed by atoms with Crippen molar-refractivity contribution in [3.8, 4) is 0 Å². The van der Waals surface area contributed by atoms with Gasteiger partial charge in [0, 0.05) is 26.2 Å². The minimum absolute atomic E-state index is 0. The predicted octanol–water partition coefficient (Wildman–Crippen LogP) is 3.40. The van der Waals surface area contributed by atoms with E-state index in [-0.39, 0.29) is 61.4 Å². The zero-order valence-electron chi connectivity index (χ0n) is 17.2. The monoisotopic (exact) mass is 653 g/mol. The van der Waals surface area contributed by atoms with Crippen molar-refractivity contribution in [2.24, 2.45) is 0 Å². The van der Waals surface area contributed by atoms with Gasteiger partial charge in [0.05, 0.1) is 37.1 Å². The van der Waals surface area contributed by atoms with Crippen LogP contribution in [0.15, 0.2) is 0 Å². The number of rotatable bonds is 12. The second kappa shape index (κ2) is 32.0. The van der Waals surface area contributed by atoms with Crippen molar-refractivity contribution in [2.75, 3.05) is 37.1 Å². The first kappa shape index (κ1) is 35.8. The minimum Gasteiger partial charge on any atom is -0.465 e. The number of hydrogen-bond donors (Lipinski definition) is 3. The van der Waals surface area contributed by atoms with Gasteiger partial charge in [-0.3, -0.25) is 14.4 Å². The first-order valence-electron chi connectivity index (χ1n) is 9.22. The van der Waals surface area contributed by atoms with Gasteiger partial charge in [-0.2, -0.15) is 37.9 Å². The summed E-state index contributed by atoms with van der Waals surface area (Å²) >= 11 is 11.2. The Labute approximate surface area is 205 Å². The molecule has 6 nitrogen and oxygen atoms in total. The average molecular weight is 654 g/mol. The summed E-state index contributed by atoms with van der Waals surface area (Å²) in [4.78, 5) is 31.2. The van der Waals surface area contributed by atoms with E-state index in [2.05, 4.69) is 58.7 Å². The molecule has 0 spiro atoms. The van der Waals surface area contributed by atoms with Crippen molar-refractivity contribution in [3.63, 3.8) is 0 Å². The molecule has 0 bridgehead atoms. The maximum Gasteiger partial charge on any atom is 0.315 e. The standard InChI is InChI=1S/3C6H12O2S.Bi/c3*1-2-3-4-8-6(7)5-9;/h3*9H,2-5H2,1H3;. The van der Waals surface area contributed by atoms with E-state index in [4.69, 9.17) is 14.2 Å². The molecular formula is C18H36BiO6S3. The van der Waals surface area contributed by atoms with Crippen LogP contribution in [-0.2, 0) is 28.6 Å². The van der Waals surface area contributed by atoms with Crippen LogP contribution in [0, 0.1) is 0 Å². The summed E-state index contributed by atoms with van der Waals surface area (Å²) in [5, 5.41) is 0. The van der Waals surface area contributed by atoms with Crippen molar-refractivity contribution in [1.29, 1.82) is 0 Å². The molecule has 3 radical (unpaired) electrons. The van der Waals surface area contributed by atoms with Crippen LogP contribution in [0.25, 0.3) is 0 Å². The molecule has 0 rings (SSSR count). The quantitative estimate of drug-likeness (QED) is 0.0987. The van der Waals surface area contributed by atoms with Crippen LogP contribution < -0.4 is 0 Å². The first-order valence-corrected chi connectivity index (χ1v) is 11.1. The Kier molecular flexibility index (Phi) is 40.9. The van der Waals surface area contributed by atoms with Crippen LogP contribution in [0.5, 0.6) is 0 Å². The van der Waals surface area contributed by atoms with Gasteiger partial charge in [0.25, 0.3) is 0 Å². The number of esters is 3. The molecule has 0 aromatic heterocycles. The third-order valence-electron chi connectivity index (χ3n) is 2.67. The molecule has 0 aliphatic carbocycles. The Morgan fingerprint density at radius 2 is 0.786 bits per heavy atom. The summed E-state index contributed by atoms with van der Waals surface area (Å²) in [6, 6.07) is 0. The Morgan fingerprint density at radius 1 is 0.571 bits per heavy atom. The molecule has 0 N–H and O–H groups in total. The number of unbranched alkanes of at least 4 members (excludes halogenated alkanes) is 3. The Hall–Kier alpha value is 0.343. The Bertz CT molecular complexity index is 308. The summed E-state index contributed by atoms with van der Waals surface area (Å²) in [5.74, 6) is -0.137. The van der Waals surface area contributed by atoms with Gasteiger partial charge in [0.1, 0.15) is 0 Å². The van der Waals surface area contributed by atoms with Crippen LogP contribution >= 0.6 is 37.9 Å². The zero-order chi connectivity index (χ0) is 21.3. The minimum atomic E-state index is -0.230. The second-order valence-corrected chi connectivity index (χ2v) is 6.15. The van der Waals surface area contributed by atoms with Crippen molar-refractivity contribution in [1.82, 2.24) is 0 Å². The number of thiol groups is 3. The molecule has 10 heteroatoms. The van der Waals surface area contributed by atoms with Crippen molar-refractivity contribution in [2.45, 2.75) is 59.3 Å². The number of ether oxygens (including phenoxy) is 3. The van der Waals surface area contributed by atoms with E-state index in [9.17, 15) is 14.4 Å². The van der Waals surface area contributed by atoms with Crippen molar-refractivity contribution in [3.05, 3.63) is 0 Å². The molecular weight excluding hydrogens is 617 g/mol. The van der Waals surface area contributed by atoms with Gasteiger partial charge in [-0.15, -0.1) is 0 Å². The van der Waals surface area contributed by atoms with E-state index in [0.29, 0.717) is 19.8 Å². The maximum atomic E-state index is 10.4. The van der Waals surface area contributed by atoms with E-state index in [1.807, 2.05) is 0 Å². The van der Waals surface area contributed by atoms with Crippen LogP contribution in [0.2, 0.25) is 0 Å². The van der Waals surface area contributed by atoms with Crippen LogP contribution in [0.4, 0.5) is 0 Å². The third kappa shape index (κ3) is 37.1. The molecule has 0 fully saturated rings. The molecule has 0 amide bonds. The fraction of sp³-hybridized carbons (Fsp3) is 0.833. The normalized spacial score (nSPS) is 8.79. The zero-order valence-corrected chi connectivity index (χ0v) is 23.4. The van der Waals surface area contributed by atoms with E-state index >= 15 is 0 Å². The summed E-state index contributed by atoms with van der Waals surface area (Å²) in [6.45, 7) is 7.76. The molecule has 0 aliphatic heterocycles. The molecule has 0 aromatic carbocycles. The van der Waals surface area contributed by atoms with E-state index in [0.717, 1.165) is 38.5 Å². The molecule has 167 valence electrons. The van der Waals surface area contributed by atoms with Gasteiger partial charge in [0.15, 0.2) is 0 Å². The maximum absolute atomic E-state index is 10.4. The average Bonchev–Trinajstić information content (AvgIpc) is 2.69. The molecule has 0 atom stereocenters. The fourth-order valence-corrected chi connectivity index (χ4v) is 1.40. The van der Waals surface area contributed by atoms with Crippen LogP contribution in [-0.4, -0.2) is 81.2 Å². The first-order chi connectivity index (χ1) is 12.9. The smallest absolute Gasteiger partial charge is 0.315 e. The van der Waals surface area contributed by atoms with Crippen LogP contribution in [0.1, 0.15) is 59.3 Å². The Balaban J connectivity index is -0.000000152. The van der Waals surface area contributed by atoms with Gasteiger partial charge >= 0.3 is 17.9 Å². The molecule has 28 heavy (non-hydrogen) atoms. The third-order valence-corrected chi connectivity index (χ3v) is 3.44. The topological polar surface area (TPSA) is 78.9 Å². The largest absolute Gasteiger partial charge is 0.465 e. The summed E-state index contributed by atoms with van der Waals surface area (Å²) in [6.07, 6.45) is 6.00. The number of hydrogen-bond acceptors (Lipinski definition) is 9. The number of carbonyl (C=O) groups excluding carboxylic acids is 3. The van der Waals surface area contributed by atoms with Gasteiger partial charge in [0.2, 0.25) is 0 Å². The van der Waals surface area contributed by atoms with E-state index < -0.39 is 0 Å². The van der Waals surface area contributed by atoms with E-state index in [1.165, 1.54) is 0 Å². The van der Waals surface area contributed by atoms with Gasteiger partial charge < -0.3 is 14.2 Å². The second-order valence-electron chi connectivity index (χ2n) is 5.20. The van der Waals surface area contributed by atoms with Gasteiger partial charge in [-0.05, 0) is 19.3 Å². The molecule has 0 saturated heterocycles. The van der Waals surface area contributed by atoms with Gasteiger partial charge in [-0.25, -0.2) is 0 Å². The summed E-state index contributed by atoms with van der Waals surface area (Å²) < 4.78 is 14.1. The molecule has 0 aromatic rings. The van der Waals surface area contributed by atoms with Crippen LogP contribution in [0.3, 0.4) is 0 Å². The fourth-order valence-electron chi connectivity index (χ4n) is 1.13. The molecule has 0 heterocycles. The van der Waals surface area contributed by atoms with Crippen molar-refractivity contribution >= 4 is 82.0 Å². The molecule has 0 aliphatic rings. The molecule has 0 unspecified atom stereocenters. The van der Waals surface area contributed by atoms with Gasteiger partial charge in [-0.1, -0.05) is 40.0 Å². The van der Waals surface area contributed by atoms with Crippen molar-refractivity contribution < 1.29 is 28.6 Å². The Morgan fingerprint density at radius 3 is 0.929 bits per heavy atom. The predicted molar refractivity (Wildman–Crippen MR) is 125 cm³/mol. The SMILES string of the molecule is CCCCOC(=O)CS.CCCCOC(=O)CS.CCCCOC(=O)CS.[Bi].